The molecule has 0 saturated carbocycles. The van der Waals surface area contributed by atoms with Crippen LogP contribution in [0.2, 0.25) is 0 Å². The number of Topliss-reactive ketones (excluding diaryl/α,β-unsaturated/α-hetero) is 1. The average molecular weight is 533 g/mol. The second kappa shape index (κ2) is 10.0. The van der Waals surface area contributed by atoms with E-state index in [0.717, 1.165) is 16.5 Å². The molecule has 0 fully saturated rings. The van der Waals surface area contributed by atoms with E-state index in [0.29, 0.717) is 27.3 Å². The summed E-state index contributed by atoms with van der Waals surface area (Å²) in [6.45, 7) is 0. The summed E-state index contributed by atoms with van der Waals surface area (Å²) in [5, 5.41) is 12.0. The van der Waals surface area contributed by atoms with E-state index in [-0.39, 0.29) is 17.0 Å². The second-order valence-electron chi connectivity index (χ2n) is 8.85. The number of rotatable bonds is 7. The molecule has 2 aromatic heterocycles. The molecule has 0 radical (unpaired) electrons. The number of fused-ring (bicyclic) bond motifs is 2. The van der Waals surface area contributed by atoms with Crippen LogP contribution < -0.4 is 5.56 Å². The summed E-state index contributed by atoms with van der Waals surface area (Å²) < 4.78 is 1.41. The van der Waals surface area contributed by atoms with Crippen molar-refractivity contribution in [2.24, 2.45) is 0 Å². The van der Waals surface area contributed by atoms with Crippen LogP contribution in [-0.2, 0) is 0 Å². The molecule has 0 aliphatic heterocycles. The zero-order chi connectivity index (χ0) is 26.9. The second-order valence-corrected chi connectivity index (χ2v) is 9.92. The molecule has 0 spiro atoms. The zero-order valence-corrected chi connectivity index (χ0v) is 21.2. The molecular formula is C30H20N4O4S. The standard InChI is InChI=1S/C30H20N4O4S/c35-27(24-18-31-25-12-6-4-10-22(24)25)28(19-8-2-1-3-9-19)39-30-32-26-13-7-5-11-23(26)29(36)33(30)20-14-16-21(17-15-20)34(37)38/h1-18,28,31H/t28-/m1/s1. The largest absolute Gasteiger partial charge is 0.360 e. The van der Waals surface area contributed by atoms with Crippen molar-refractivity contribution in [2.45, 2.75) is 10.4 Å². The van der Waals surface area contributed by atoms with Crippen LogP contribution in [-0.4, -0.2) is 25.2 Å². The summed E-state index contributed by atoms with van der Waals surface area (Å²) in [5.74, 6) is -0.138. The number of aromatic amines is 1. The number of nitro groups is 1. The van der Waals surface area contributed by atoms with Crippen LogP contribution in [0.5, 0.6) is 0 Å². The van der Waals surface area contributed by atoms with Crippen LogP contribution in [0.3, 0.4) is 0 Å². The number of nitro benzene ring substituents is 1. The smallest absolute Gasteiger partial charge is 0.269 e. The molecule has 6 aromatic rings. The summed E-state index contributed by atoms with van der Waals surface area (Å²) in [5.41, 5.74) is 2.64. The van der Waals surface area contributed by atoms with Gasteiger partial charge in [-0.1, -0.05) is 72.4 Å². The van der Waals surface area contributed by atoms with Crippen LogP contribution in [0, 0.1) is 10.1 Å². The lowest BCUT2D eigenvalue weighted by molar-refractivity contribution is -0.384. The van der Waals surface area contributed by atoms with Gasteiger partial charge in [-0.05, 0) is 35.9 Å². The normalized spacial score (nSPS) is 12.0. The van der Waals surface area contributed by atoms with Crippen molar-refractivity contribution in [1.82, 2.24) is 14.5 Å². The number of ketones is 1. The SMILES string of the molecule is O=C(c1c[nH]c2ccccc12)[C@H](Sc1nc2ccccc2c(=O)n1-c1ccc([N+](=O)[O-])cc1)c1ccccc1. The van der Waals surface area contributed by atoms with Crippen molar-refractivity contribution >= 4 is 45.0 Å². The summed E-state index contributed by atoms with van der Waals surface area (Å²) in [6.07, 6.45) is 1.71. The molecule has 9 heteroatoms. The number of benzene rings is 4. The fourth-order valence-corrected chi connectivity index (χ4v) is 5.75. The summed E-state index contributed by atoms with van der Waals surface area (Å²) in [6, 6.07) is 29.7. The monoisotopic (exact) mass is 532 g/mol. The topological polar surface area (TPSA) is 111 Å². The van der Waals surface area contributed by atoms with Gasteiger partial charge in [-0.15, -0.1) is 0 Å². The first-order chi connectivity index (χ1) is 19.0. The lowest BCUT2D eigenvalue weighted by Gasteiger charge is -2.19. The Morgan fingerprint density at radius 2 is 1.54 bits per heavy atom. The van der Waals surface area contributed by atoms with Crippen LogP contribution >= 0.6 is 11.8 Å². The molecular weight excluding hydrogens is 512 g/mol. The van der Waals surface area contributed by atoms with Crippen LogP contribution in [0.1, 0.15) is 21.2 Å². The highest BCUT2D eigenvalue weighted by atomic mass is 32.2. The number of hydrogen-bond donors (Lipinski definition) is 1. The predicted molar refractivity (Wildman–Crippen MR) is 152 cm³/mol. The van der Waals surface area contributed by atoms with E-state index in [1.807, 2.05) is 54.6 Å². The Morgan fingerprint density at radius 1 is 0.872 bits per heavy atom. The van der Waals surface area contributed by atoms with Gasteiger partial charge in [0, 0.05) is 34.8 Å². The fourth-order valence-electron chi connectivity index (χ4n) is 4.57. The summed E-state index contributed by atoms with van der Waals surface area (Å²) >= 11 is 1.17. The molecule has 8 nitrogen and oxygen atoms in total. The molecule has 0 amide bonds. The van der Waals surface area contributed by atoms with Crippen molar-refractivity contribution in [2.75, 3.05) is 0 Å². The number of para-hydroxylation sites is 2. The first-order valence-corrected chi connectivity index (χ1v) is 13.0. The van der Waals surface area contributed by atoms with E-state index in [1.54, 1.807) is 30.5 Å². The summed E-state index contributed by atoms with van der Waals surface area (Å²) in [4.78, 5) is 46.5. The number of nitrogens with zero attached hydrogens (tertiary/aromatic N) is 3. The van der Waals surface area contributed by atoms with Gasteiger partial charge >= 0.3 is 0 Å². The Balaban J connectivity index is 1.53. The van der Waals surface area contributed by atoms with Gasteiger partial charge in [0.1, 0.15) is 5.25 Å². The number of thioether (sulfide) groups is 1. The van der Waals surface area contributed by atoms with Crippen molar-refractivity contribution < 1.29 is 9.72 Å². The van der Waals surface area contributed by atoms with Gasteiger partial charge in [0.25, 0.3) is 11.2 Å². The Bertz CT molecular complexity index is 1910. The lowest BCUT2D eigenvalue weighted by Crippen LogP contribution is -2.23. The maximum absolute atomic E-state index is 14.1. The van der Waals surface area contributed by atoms with Gasteiger partial charge in [-0.25, -0.2) is 4.98 Å². The molecule has 0 aliphatic carbocycles. The van der Waals surface area contributed by atoms with Gasteiger partial charge in [-0.2, -0.15) is 0 Å². The van der Waals surface area contributed by atoms with Gasteiger partial charge in [-0.3, -0.25) is 24.3 Å². The number of H-pyrrole nitrogens is 1. The number of carbonyl (C=O) groups is 1. The van der Waals surface area contributed by atoms with E-state index in [1.165, 1.54) is 40.6 Å². The van der Waals surface area contributed by atoms with Crippen molar-refractivity contribution in [1.29, 1.82) is 0 Å². The van der Waals surface area contributed by atoms with Crippen LogP contribution in [0.4, 0.5) is 5.69 Å². The van der Waals surface area contributed by atoms with Crippen LogP contribution in [0.15, 0.2) is 119 Å². The van der Waals surface area contributed by atoms with Gasteiger partial charge in [0.05, 0.1) is 21.5 Å². The minimum Gasteiger partial charge on any atom is -0.360 e. The van der Waals surface area contributed by atoms with E-state index >= 15 is 0 Å². The Morgan fingerprint density at radius 3 is 2.28 bits per heavy atom. The third-order valence-electron chi connectivity index (χ3n) is 6.48. The van der Waals surface area contributed by atoms with Gasteiger partial charge in [0.2, 0.25) is 0 Å². The number of carbonyl (C=O) groups excluding carboxylic acids is 1. The molecule has 39 heavy (non-hydrogen) atoms. The van der Waals surface area contributed by atoms with Crippen molar-refractivity contribution in [3.63, 3.8) is 0 Å². The Kier molecular flexibility index (Phi) is 6.26. The molecule has 0 unspecified atom stereocenters. The highest BCUT2D eigenvalue weighted by Gasteiger charge is 2.28. The van der Waals surface area contributed by atoms with E-state index in [2.05, 4.69) is 4.98 Å². The van der Waals surface area contributed by atoms with E-state index in [4.69, 9.17) is 4.98 Å². The number of aromatic nitrogens is 3. The Hall–Kier alpha value is -5.02. The van der Waals surface area contributed by atoms with Gasteiger partial charge < -0.3 is 4.98 Å². The maximum atomic E-state index is 14.1. The Labute approximate surface area is 226 Å². The predicted octanol–water partition coefficient (Wildman–Crippen LogP) is 6.49. The van der Waals surface area contributed by atoms with Crippen molar-refractivity contribution in [3.05, 3.63) is 141 Å². The first-order valence-electron chi connectivity index (χ1n) is 12.1. The maximum Gasteiger partial charge on any atom is 0.269 e. The molecule has 0 saturated heterocycles. The van der Waals surface area contributed by atoms with Gasteiger partial charge in [0.15, 0.2) is 10.9 Å². The molecule has 4 aromatic carbocycles. The lowest BCUT2D eigenvalue weighted by atomic mass is 10.0. The van der Waals surface area contributed by atoms with Crippen LogP contribution in [0.25, 0.3) is 27.5 Å². The van der Waals surface area contributed by atoms with E-state index < -0.39 is 10.2 Å². The third-order valence-corrected chi connectivity index (χ3v) is 7.69. The molecule has 1 N–H and O–H groups in total. The zero-order valence-electron chi connectivity index (χ0n) is 20.4. The number of hydrogen-bond acceptors (Lipinski definition) is 6. The minimum absolute atomic E-state index is 0.0913. The fraction of sp³-hybridized carbons (Fsp3) is 0.0333. The van der Waals surface area contributed by atoms with Crippen molar-refractivity contribution in [3.8, 4) is 5.69 Å². The number of nitrogens with one attached hydrogen (secondary N) is 1. The molecule has 0 aliphatic rings. The average Bonchev–Trinajstić information content (AvgIpc) is 3.40. The quantitative estimate of drug-likeness (QED) is 0.0827. The molecule has 190 valence electrons. The minimum atomic E-state index is -0.720. The molecule has 1 atom stereocenters. The molecule has 0 bridgehead atoms. The summed E-state index contributed by atoms with van der Waals surface area (Å²) in [7, 11) is 0. The third kappa shape index (κ3) is 4.49. The molecule has 2 heterocycles. The first kappa shape index (κ1) is 24.3. The number of non-ortho nitro benzene ring substituents is 1. The highest BCUT2D eigenvalue weighted by molar-refractivity contribution is 8.00. The molecule has 6 rings (SSSR count). The highest BCUT2D eigenvalue weighted by Crippen LogP contribution is 2.39. The van der Waals surface area contributed by atoms with E-state index in [9.17, 15) is 19.7 Å².